The van der Waals surface area contributed by atoms with Crippen LogP contribution in [0, 0.1) is 40.4 Å². The molecule has 0 aromatic carbocycles. The number of fused-ring (bicyclic) bond motifs is 5. The van der Waals surface area contributed by atoms with Crippen molar-refractivity contribution in [3.05, 3.63) is 0 Å². The zero-order valence-electron chi connectivity index (χ0n) is 17.0. The molecule has 0 spiro atoms. The molecule has 27 heavy (non-hydrogen) atoms. The van der Waals surface area contributed by atoms with Gasteiger partial charge in [-0.25, -0.2) is 0 Å². The largest absolute Gasteiger partial charge is 0.481 e. The van der Waals surface area contributed by atoms with Crippen LogP contribution in [0.4, 0.5) is 0 Å². The zero-order valence-corrected chi connectivity index (χ0v) is 17.0. The van der Waals surface area contributed by atoms with Crippen molar-refractivity contribution in [3.63, 3.8) is 0 Å². The lowest BCUT2D eigenvalue weighted by Gasteiger charge is -2.60. The Labute approximate surface area is 163 Å². The molecule has 4 heteroatoms. The predicted molar refractivity (Wildman–Crippen MR) is 103 cm³/mol. The lowest BCUT2D eigenvalue weighted by atomic mass is 9.44. The predicted octanol–water partition coefficient (Wildman–Crippen LogP) is 4.44. The van der Waals surface area contributed by atoms with Crippen LogP contribution in [0.3, 0.4) is 0 Å². The minimum atomic E-state index is -0.695. The van der Waals surface area contributed by atoms with Gasteiger partial charge < -0.3 is 10.2 Å². The number of Topliss-reactive ketones (excluding diaryl/α,β-unsaturated/α-hetero) is 1. The molecule has 4 aliphatic rings. The van der Waals surface area contributed by atoms with E-state index in [2.05, 4.69) is 13.8 Å². The van der Waals surface area contributed by atoms with Crippen LogP contribution in [0.15, 0.2) is 0 Å². The number of aliphatic carboxylic acids is 1. The minimum Gasteiger partial charge on any atom is -0.481 e. The first-order valence-corrected chi connectivity index (χ1v) is 11.2. The van der Waals surface area contributed by atoms with Gasteiger partial charge in [0.25, 0.3) is 0 Å². The lowest BCUT2D eigenvalue weighted by molar-refractivity contribution is -0.160. The lowest BCUT2D eigenvalue weighted by Crippen LogP contribution is -2.57. The first-order chi connectivity index (χ1) is 12.8. The molecule has 0 saturated heterocycles. The maximum Gasteiger partial charge on any atom is 0.303 e. The van der Waals surface area contributed by atoms with Crippen molar-refractivity contribution in [3.8, 4) is 0 Å². The van der Waals surface area contributed by atoms with Crippen LogP contribution in [0.2, 0.25) is 0 Å². The summed E-state index contributed by atoms with van der Waals surface area (Å²) in [7, 11) is 0. The van der Waals surface area contributed by atoms with Crippen molar-refractivity contribution in [1.29, 1.82) is 0 Å². The Kier molecular flexibility index (Phi) is 4.93. The number of carboxylic acid groups (broad SMARTS) is 1. The molecular weight excluding hydrogens is 340 g/mol. The molecule has 2 N–H and O–H groups in total. The van der Waals surface area contributed by atoms with E-state index in [0.29, 0.717) is 35.9 Å². The third-order valence-corrected chi connectivity index (χ3v) is 9.58. The normalized spacial score (nSPS) is 49.2. The molecule has 4 nitrogen and oxygen atoms in total. The fraction of sp³-hybridized carbons (Fsp3) is 0.913. The highest BCUT2D eigenvalue weighted by molar-refractivity contribution is 5.83. The van der Waals surface area contributed by atoms with Crippen molar-refractivity contribution >= 4 is 11.8 Å². The summed E-state index contributed by atoms with van der Waals surface area (Å²) in [6.45, 7) is 4.81. The molecule has 4 rings (SSSR count). The molecule has 0 bridgehead atoms. The molecule has 8 atom stereocenters. The molecule has 4 saturated carbocycles. The molecule has 0 amide bonds. The number of aliphatic hydroxyl groups is 1. The topological polar surface area (TPSA) is 74.6 Å². The summed E-state index contributed by atoms with van der Waals surface area (Å²) in [4.78, 5) is 24.2. The van der Waals surface area contributed by atoms with Gasteiger partial charge in [-0.1, -0.05) is 13.8 Å². The van der Waals surface area contributed by atoms with E-state index in [-0.39, 0.29) is 29.3 Å². The summed E-state index contributed by atoms with van der Waals surface area (Å²) in [6.07, 6.45) is 9.89. The van der Waals surface area contributed by atoms with Crippen molar-refractivity contribution in [1.82, 2.24) is 0 Å². The molecule has 0 aromatic rings. The summed E-state index contributed by atoms with van der Waals surface area (Å²) >= 11 is 0. The maximum absolute atomic E-state index is 13.3. The molecule has 0 unspecified atom stereocenters. The molecule has 152 valence electrons. The second-order valence-electron chi connectivity index (χ2n) is 10.6. The number of carboxylic acids is 1. The number of rotatable bonds is 4. The summed E-state index contributed by atoms with van der Waals surface area (Å²) in [6, 6.07) is 0. The Morgan fingerprint density at radius 1 is 1.07 bits per heavy atom. The molecular formula is C23H36O4. The third kappa shape index (κ3) is 3.07. The van der Waals surface area contributed by atoms with Gasteiger partial charge in [-0.05, 0) is 92.3 Å². The third-order valence-electron chi connectivity index (χ3n) is 9.58. The van der Waals surface area contributed by atoms with E-state index in [1.807, 2.05) is 0 Å². The van der Waals surface area contributed by atoms with Crippen LogP contribution in [-0.2, 0) is 9.59 Å². The number of aliphatic hydroxyl groups excluding tert-OH is 1. The minimum absolute atomic E-state index is 0.213. The Morgan fingerprint density at radius 3 is 2.52 bits per heavy atom. The quantitative estimate of drug-likeness (QED) is 0.761. The van der Waals surface area contributed by atoms with Gasteiger partial charge in [0.1, 0.15) is 5.78 Å². The Hall–Kier alpha value is -0.900. The van der Waals surface area contributed by atoms with Gasteiger partial charge in [-0.15, -0.1) is 0 Å². The van der Waals surface area contributed by atoms with Gasteiger partial charge in [0.05, 0.1) is 6.10 Å². The second-order valence-corrected chi connectivity index (χ2v) is 10.6. The molecule has 0 aromatic heterocycles. The van der Waals surface area contributed by atoms with Gasteiger partial charge in [0.15, 0.2) is 0 Å². The van der Waals surface area contributed by atoms with Crippen LogP contribution in [-0.4, -0.2) is 28.1 Å². The number of hydrogen-bond donors (Lipinski definition) is 2. The summed E-state index contributed by atoms with van der Waals surface area (Å²) in [5, 5.41) is 19.1. The first kappa shape index (κ1) is 19.4. The number of ketones is 1. The van der Waals surface area contributed by atoms with Gasteiger partial charge in [-0.2, -0.15) is 0 Å². The summed E-state index contributed by atoms with van der Waals surface area (Å²) in [5.41, 5.74) is 0.438. The van der Waals surface area contributed by atoms with Crippen molar-refractivity contribution in [2.45, 2.75) is 90.6 Å². The summed E-state index contributed by atoms with van der Waals surface area (Å²) in [5.74, 6) is 1.92. The van der Waals surface area contributed by atoms with Crippen molar-refractivity contribution < 1.29 is 19.8 Å². The van der Waals surface area contributed by atoms with E-state index in [1.54, 1.807) is 0 Å². The van der Waals surface area contributed by atoms with Crippen LogP contribution >= 0.6 is 0 Å². The molecule has 4 aliphatic carbocycles. The average Bonchev–Trinajstić information content (AvgIpc) is 2.93. The Balaban J connectivity index is 1.54. The zero-order chi connectivity index (χ0) is 19.4. The van der Waals surface area contributed by atoms with Gasteiger partial charge in [0, 0.05) is 18.8 Å². The van der Waals surface area contributed by atoms with Crippen LogP contribution in [0.5, 0.6) is 0 Å². The maximum atomic E-state index is 13.3. The fourth-order valence-electron chi connectivity index (χ4n) is 7.99. The van der Waals surface area contributed by atoms with Gasteiger partial charge >= 0.3 is 5.97 Å². The van der Waals surface area contributed by atoms with E-state index >= 15 is 0 Å². The van der Waals surface area contributed by atoms with E-state index in [9.17, 15) is 14.7 Å². The van der Waals surface area contributed by atoms with E-state index in [1.165, 1.54) is 6.42 Å². The van der Waals surface area contributed by atoms with Gasteiger partial charge in [-0.3, -0.25) is 9.59 Å². The fourth-order valence-corrected chi connectivity index (χ4v) is 7.99. The molecule has 0 heterocycles. The van der Waals surface area contributed by atoms with E-state index in [4.69, 9.17) is 5.11 Å². The van der Waals surface area contributed by atoms with Crippen LogP contribution < -0.4 is 0 Å². The Bertz CT molecular complexity index is 615. The molecule has 4 fully saturated rings. The van der Waals surface area contributed by atoms with E-state index < -0.39 is 5.97 Å². The smallest absolute Gasteiger partial charge is 0.303 e. The molecule has 0 aliphatic heterocycles. The highest BCUT2D eigenvalue weighted by atomic mass is 16.4. The van der Waals surface area contributed by atoms with Crippen LogP contribution in [0.25, 0.3) is 0 Å². The monoisotopic (exact) mass is 376 g/mol. The highest BCUT2D eigenvalue weighted by Crippen LogP contribution is 2.67. The number of carbonyl (C=O) groups is 2. The molecule has 0 radical (unpaired) electrons. The SMILES string of the molecule is C[C@]12CC[C@@H](O)C[C@H]1CC(=O)[C@@H]1[C@@H]2CC[C@]2(C)[C@@H](CCCC(=O)O)CC[C@@H]12. The van der Waals surface area contributed by atoms with E-state index in [0.717, 1.165) is 51.4 Å². The second kappa shape index (κ2) is 6.86. The van der Waals surface area contributed by atoms with Crippen molar-refractivity contribution in [2.24, 2.45) is 40.4 Å². The number of carbonyl (C=O) groups excluding carboxylic acids is 1. The van der Waals surface area contributed by atoms with Crippen molar-refractivity contribution in [2.75, 3.05) is 0 Å². The number of hydrogen-bond acceptors (Lipinski definition) is 3. The first-order valence-electron chi connectivity index (χ1n) is 11.2. The highest BCUT2D eigenvalue weighted by Gasteiger charge is 2.62. The van der Waals surface area contributed by atoms with Gasteiger partial charge in [0.2, 0.25) is 0 Å². The van der Waals surface area contributed by atoms with Crippen LogP contribution in [0.1, 0.15) is 84.5 Å². The average molecular weight is 377 g/mol. The summed E-state index contributed by atoms with van der Waals surface area (Å²) < 4.78 is 0. The standard InChI is InChI=1S/C23H36O4/c1-22-11-9-18-21(17(22)7-6-14(22)4-3-5-20(26)27)19(25)13-15-12-16(24)8-10-23(15,18)2/h14-18,21,24H,3-13H2,1-2H3,(H,26,27)/t14-,15-,16+,17-,18-,21-,22+,23-/m0/s1. The Morgan fingerprint density at radius 2 is 1.78 bits per heavy atom.